The Morgan fingerprint density at radius 2 is 1.68 bits per heavy atom. The number of carbonyl (C=O) groups excluding carboxylic acids is 2. The highest BCUT2D eigenvalue weighted by atomic mass is 16.5. The maximum atomic E-state index is 13.1. The van der Waals surface area contributed by atoms with Gasteiger partial charge in [0.05, 0.1) is 25.3 Å². The van der Waals surface area contributed by atoms with E-state index in [4.69, 9.17) is 14.2 Å². The number of aliphatic hydroxyl groups excluding tert-OH is 1. The number of aliphatic hydroxyl groups is 1. The molecule has 0 saturated carbocycles. The van der Waals surface area contributed by atoms with Crippen LogP contribution in [0.2, 0.25) is 0 Å². The molecule has 1 amide bonds. The zero-order valence-electron chi connectivity index (χ0n) is 21.5. The van der Waals surface area contributed by atoms with Crippen molar-refractivity contribution in [3.05, 3.63) is 100 Å². The minimum Gasteiger partial charge on any atom is -0.507 e. The van der Waals surface area contributed by atoms with Gasteiger partial charge in [-0.1, -0.05) is 36.4 Å². The summed E-state index contributed by atoms with van der Waals surface area (Å²) in [7, 11) is 3.10. The monoisotopic (exact) mass is 501 g/mol. The van der Waals surface area contributed by atoms with Crippen molar-refractivity contribution in [1.29, 1.82) is 0 Å². The average Bonchev–Trinajstić information content (AvgIpc) is 3.16. The number of carbonyl (C=O) groups is 2. The van der Waals surface area contributed by atoms with Crippen LogP contribution in [0.25, 0.3) is 5.76 Å². The molecule has 1 heterocycles. The highest BCUT2D eigenvalue weighted by molar-refractivity contribution is 6.46. The van der Waals surface area contributed by atoms with E-state index in [1.54, 1.807) is 25.3 Å². The van der Waals surface area contributed by atoms with E-state index in [9.17, 15) is 14.7 Å². The van der Waals surface area contributed by atoms with E-state index in [0.29, 0.717) is 29.2 Å². The van der Waals surface area contributed by atoms with Gasteiger partial charge in [0.15, 0.2) is 0 Å². The van der Waals surface area contributed by atoms with Crippen molar-refractivity contribution in [2.45, 2.75) is 26.5 Å². The zero-order valence-corrected chi connectivity index (χ0v) is 21.5. The molecular formula is C30H31NO6. The SMILES string of the molecule is COCCN1C(=O)C(=O)/C(=C(\O)c2ccc(OC)c(C)c2)C1c1ccc(OCc2ccccc2C)cc1. The van der Waals surface area contributed by atoms with Crippen LogP contribution in [0.5, 0.6) is 11.5 Å². The Hall–Kier alpha value is -4.10. The van der Waals surface area contributed by atoms with Crippen LogP contribution in [-0.4, -0.2) is 49.1 Å². The Labute approximate surface area is 216 Å². The molecule has 192 valence electrons. The van der Waals surface area contributed by atoms with Crippen molar-refractivity contribution in [3.8, 4) is 11.5 Å². The van der Waals surface area contributed by atoms with Gasteiger partial charge in [-0.3, -0.25) is 9.59 Å². The molecule has 1 unspecified atom stereocenters. The molecule has 7 nitrogen and oxygen atoms in total. The van der Waals surface area contributed by atoms with Crippen molar-refractivity contribution in [3.63, 3.8) is 0 Å². The molecule has 1 aliphatic heterocycles. The van der Waals surface area contributed by atoms with Gasteiger partial charge < -0.3 is 24.2 Å². The largest absolute Gasteiger partial charge is 0.507 e. The molecule has 0 aliphatic carbocycles. The molecule has 0 radical (unpaired) electrons. The van der Waals surface area contributed by atoms with Crippen LogP contribution in [0.4, 0.5) is 0 Å². The Kier molecular flexibility index (Phi) is 7.94. The second-order valence-electron chi connectivity index (χ2n) is 8.95. The van der Waals surface area contributed by atoms with E-state index in [2.05, 4.69) is 0 Å². The molecule has 1 fully saturated rings. The third kappa shape index (κ3) is 5.37. The Morgan fingerprint density at radius 3 is 2.32 bits per heavy atom. The number of nitrogens with zero attached hydrogens (tertiary/aromatic N) is 1. The predicted octanol–water partition coefficient (Wildman–Crippen LogP) is 4.96. The smallest absolute Gasteiger partial charge is 0.295 e. The molecule has 0 aromatic heterocycles. The molecule has 4 rings (SSSR count). The zero-order chi connectivity index (χ0) is 26.5. The molecular weight excluding hydrogens is 470 g/mol. The maximum absolute atomic E-state index is 13.1. The number of hydrogen-bond acceptors (Lipinski definition) is 6. The van der Waals surface area contributed by atoms with E-state index >= 15 is 0 Å². The van der Waals surface area contributed by atoms with Gasteiger partial charge in [-0.05, 0) is 66.4 Å². The molecule has 3 aromatic carbocycles. The summed E-state index contributed by atoms with van der Waals surface area (Å²) in [5.41, 5.74) is 4.20. The summed E-state index contributed by atoms with van der Waals surface area (Å²) in [4.78, 5) is 27.6. The van der Waals surface area contributed by atoms with Crippen molar-refractivity contribution in [1.82, 2.24) is 4.90 Å². The first-order valence-electron chi connectivity index (χ1n) is 12.0. The van der Waals surface area contributed by atoms with Crippen LogP contribution in [0.1, 0.15) is 33.9 Å². The molecule has 1 saturated heterocycles. The summed E-state index contributed by atoms with van der Waals surface area (Å²) < 4.78 is 16.4. The van der Waals surface area contributed by atoms with Gasteiger partial charge in [0.25, 0.3) is 11.7 Å². The second kappa shape index (κ2) is 11.3. The summed E-state index contributed by atoms with van der Waals surface area (Å²) in [6.45, 7) is 4.77. The van der Waals surface area contributed by atoms with Gasteiger partial charge in [-0.15, -0.1) is 0 Å². The average molecular weight is 502 g/mol. The number of likely N-dealkylation sites (tertiary alicyclic amines) is 1. The minimum atomic E-state index is -0.761. The third-order valence-corrected chi connectivity index (χ3v) is 6.60. The topological polar surface area (TPSA) is 85.3 Å². The number of ketones is 1. The number of aryl methyl sites for hydroxylation is 2. The Morgan fingerprint density at radius 1 is 0.946 bits per heavy atom. The van der Waals surface area contributed by atoms with Gasteiger partial charge in [0.1, 0.15) is 23.9 Å². The molecule has 1 atom stereocenters. The van der Waals surface area contributed by atoms with Gasteiger partial charge >= 0.3 is 0 Å². The molecule has 1 aliphatic rings. The summed E-state index contributed by atoms with van der Waals surface area (Å²) in [6, 6.07) is 19.6. The summed E-state index contributed by atoms with van der Waals surface area (Å²) in [5, 5.41) is 11.2. The third-order valence-electron chi connectivity index (χ3n) is 6.60. The van der Waals surface area contributed by atoms with Gasteiger partial charge in [-0.25, -0.2) is 0 Å². The number of hydrogen-bond donors (Lipinski definition) is 1. The maximum Gasteiger partial charge on any atom is 0.295 e. The molecule has 0 bridgehead atoms. The Bertz CT molecular complexity index is 1330. The first-order valence-corrected chi connectivity index (χ1v) is 12.0. The van der Waals surface area contributed by atoms with E-state index in [1.165, 1.54) is 12.0 Å². The lowest BCUT2D eigenvalue weighted by Gasteiger charge is -2.25. The van der Waals surface area contributed by atoms with Crippen LogP contribution in [-0.2, 0) is 20.9 Å². The molecule has 7 heteroatoms. The lowest BCUT2D eigenvalue weighted by Crippen LogP contribution is -2.32. The van der Waals surface area contributed by atoms with Crippen LogP contribution in [0.3, 0.4) is 0 Å². The first kappa shape index (κ1) is 26.0. The van der Waals surface area contributed by atoms with Gasteiger partial charge in [0, 0.05) is 19.2 Å². The van der Waals surface area contributed by atoms with Crippen molar-refractivity contribution in [2.75, 3.05) is 27.4 Å². The summed E-state index contributed by atoms with van der Waals surface area (Å²) >= 11 is 0. The summed E-state index contributed by atoms with van der Waals surface area (Å²) in [6.07, 6.45) is 0. The van der Waals surface area contributed by atoms with Crippen LogP contribution in [0.15, 0.2) is 72.3 Å². The number of benzene rings is 3. The molecule has 1 N–H and O–H groups in total. The van der Waals surface area contributed by atoms with Crippen LogP contribution < -0.4 is 9.47 Å². The first-order chi connectivity index (χ1) is 17.8. The predicted molar refractivity (Wildman–Crippen MR) is 141 cm³/mol. The van der Waals surface area contributed by atoms with E-state index in [-0.39, 0.29) is 24.5 Å². The number of rotatable bonds is 9. The summed E-state index contributed by atoms with van der Waals surface area (Å²) in [5.74, 6) is -0.309. The van der Waals surface area contributed by atoms with Crippen LogP contribution in [0, 0.1) is 13.8 Å². The highest BCUT2D eigenvalue weighted by Crippen LogP contribution is 2.40. The minimum absolute atomic E-state index is 0.0410. The highest BCUT2D eigenvalue weighted by Gasteiger charge is 2.45. The molecule has 37 heavy (non-hydrogen) atoms. The lowest BCUT2D eigenvalue weighted by atomic mass is 9.94. The quantitative estimate of drug-likeness (QED) is 0.253. The van der Waals surface area contributed by atoms with E-state index in [1.807, 2.05) is 62.4 Å². The van der Waals surface area contributed by atoms with E-state index < -0.39 is 17.7 Å². The number of amides is 1. The molecule has 0 spiro atoms. The second-order valence-corrected chi connectivity index (χ2v) is 8.95. The molecule has 3 aromatic rings. The van der Waals surface area contributed by atoms with Crippen LogP contribution >= 0.6 is 0 Å². The fourth-order valence-corrected chi connectivity index (χ4v) is 4.51. The van der Waals surface area contributed by atoms with Crippen molar-refractivity contribution < 1.29 is 28.9 Å². The standard InChI is InChI=1S/C30H31NO6/c1-19-7-5-6-8-23(19)18-37-24-12-9-21(10-13-24)27-26(29(33)30(34)31(27)15-16-35-3)28(32)22-11-14-25(36-4)20(2)17-22/h5-14,17,27,32H,15-16,18H2,1-4H3/b28-26-. The number of methoxy groups -OCH3 is 2. The Balaban J connectivity index is 1.69. The normalized spacial score (nSPS) is 16.8. The van der Waals surface area contributed by atoms with E-state index in [0.717, 1.165) is 16.7 Å². The fourth-order valence-electron chi connectivity index (χ4n) is 4.51. The van der Waals surface area contributed by atoms with Gasteiger partial charge in [-0.2, -0.15) is 0 Å². The number of Topliss-reactive ketones (excluding diaryl/α,β-unsaturated/α-hetero) is 1. The van der Waals surface area contributed by atoms with Gasteiger partial charge in [0.2, 0.25) is 0 Å². The lowest BCUT2D eigenvalue weighted by molar-refractivity contribution is -0.140. The number of ether oxygens (including phenoxy) is 3. The van der Waals surface area contributed by atoms with Crippen molar-refractivity contribution in [2.24, 2.45) is 0 Å². The van der Waals surface area contributed by atoms with Crippen molar-refractivity contribution >= 4 is 17.4 Å². The fraction of sp³-hybridized carbons (Fsp3) is 0.267.